The smallest absolute Gasteiger partial charge is 0.176 e. The van der Waals surface area contributed by atoms with Gasteiger partial charge in [-0.25, -0.2) is 9.97 Å². The lowest BCUT2D eigenvalue weighted by atomic mass is 10.3. The van der Waals surface area contributed by atoms with Gasteiger partial charge in [0.25, 0.3) is 0 Å². The quantitative estimate of drug-likeness (QED) is 0.836. The fraction of sp³-hybridized carbons (Fsp3) is 0.182. The van der Waals surface area contributed by atoms with Crippen molar-refractivity contribution >= 4 is 5.82 Å². The van der Waals surface area contributed by atoms with Crippen LogP contribution in [-0.2, 0) is 6.54 Å². The maximum Gasteiger partial charge on any atom is 0.176 e. The van der Waals surface area contributed by atoms with Crippen molar-refractivity contribution in [1.82, 2.24) is 19.5 Å². The van der Waals surface area contributed by atoms with E-state index in [0.717, 1.165) is 0 Å². The minimum Gasteiger partial charge on any atom is -0.372 e. The van der Waals surface area contributed by atoms with Crippen molar-refractivity contribution in [2.45, 2.75) is 6.54 Å². The number of hydrogen-bond acceptors (Lipinski definition) is 6. The summed E-state index contributed by atoms with van der Waals surface area (Å²) >= 11 is 0. The first-order valence-corrected chi connectivity index (χ1v) is 5.12. The Kier molecular flexibility index (Phi) is 3.17. The molecule has 0 saturated heterocycles. The van der Waals surface area contributed by atoms with Gasteiger partial charge in [0.1, 0.15) is 18.0 Å². The summed E-state index contributed by atoms with van der Waals surface area (Å²) in [6, 6.07) is 3.83. The van der Waals surface area contributed by atoms with E-state index in [-0.39, 0.29) is 11.4 Å². The number of nitrogens with zero attached hydrogens (tertiary/aromatic N) is 6. The standard InChI is InChI=1S/C11H9N7/c1-14-11-5-15-8(4-16-11)6-18-7-17-9(2-12)10(18)3-13/h4-5,7H,6H2,1H3,(H,14,16). The van der Waals surface area contributed by atoms with E-state index in [4.69, 9.17) is 10.5 Å². The molecule has 0 unspecified atom stereocenters. The molecule has 0 aliphatic carbocycles. The average Bonchev–Trinajstić information content (AvgIpc) is 2.81. The van der Waals surface area contributed by atoms with Crippen LogP contribution in [-0.4, -0.2) is 26.6 Å². The first kappa shape index (κ1) is 11.6. The van der Waals surface area contributed by atoms with Crippen LogP contribution in [0.5, 0.6) is 0 Å². The largest absolute Gasteiger partial charge is 0.372 e. The third kappa shape index (κ3) is 2.11. The van der Waals surface area contributed by atoms with E-state index in [9.17, 15) is 0 Å². The number of aromatic nitrogens is 4. The highest BCUT2D eigenvalue weighted by molar-refractivity contribution is 5.36. The third-order valence-electron chi connectivity index (χ3n) is 2.34. The normalized spacial score (nSPS) is 9.50. The van der Waals surface area contributed by atoms with Gasteiger partial charge in [-0.1, -0.05) is 0 Å². The molecule has 0 saturated carbocycles. The molecule has 0 radical (unpaired) electrons. The van der Waals surface area contributed by atoms with Gasteiger partial charge in [-0.15, -0.1) is 0 Å². The SMILES string of the molecule is CNc1cnc(Cn2cnc(C#N)c2C#N)cn1. The van der Waals surface area contributed by atoms with Gasteiger partial charge in [0.2, 0.25) is 0 Å². The van der Waals surface area contributed by atoms with Gasteiger partial charge in [0.15, 0.2) is 11.4 Å². The highest BCUT2D eigenvalue weighted by atomic mass is 15.1. The van der Waals surface area contributed by atoms with E-state index in [1.165, 1.54) is 6.33 Å². The van der Waals surface area contributed by atoms with Gasteiger partial charge in [0, 0.05) is 7.05 Å². The van der Waals surface area contributed by atoms with Gasteiger partial charge >= 0.3 is 0 Å². The van der Waals surface area contributed by atoms with E-state index in [0.29, 0.717) is 18.1 Å². The van der Waals surface area contributed by atoms with Gasteiger partial charge in [-0.2, -0.15) is 10.5 Å². The summed E-state index contributed by atoms with van der Waals surface area (Å²) < 4.78 is 1.57. The molecule has 0 fully saturated rings. The molecule has 2 rings (SSSR count). The molecule has 0 aliphatic heterocycles. The van der Waals surface area contributed by atoms with E-state index < -0.39 is 0 Å². The monoisotopic (exact) mass is 239 g/mol. The van der Waals surface area contributed by atoms with Crippen LogP contribution < -0.4 is 5.32 Å². The molecular formula is C11H9N7. The molecule has 88 valence electrons. The van der Waals surface area contributed by atoms with Crippen molar-refractivity contribution in [3.8, 4) is 12.1 Å². The van der Waals surface area contributed by atoms with E-state index in [1.807, 2.05) is 12.1 Å². The van der Waals surface area contributed by atoms with Crippen molar-refractivity contribution in [2.24, 2.45) is 0 Å². The first-order chi connectivity index (χ1) is 8.78. The van der Waals surface area contributed by atoms with Gasteiger partial charge in [0.05, 0.1) is 31.0 Å². The molecule has 0 aromatic carbocycles. The number of hydrogen-bond donors (Lipinski definition) is 1. The van der Waals surface area contributed by atoms with Crippen molar-refractivity contribution in [1.29, 1.82) is 10.5 Å². The molecule has 0 spiro atoms. The zero-order valence-corrected chi connectivity index (χ0v) is 9.62. The number of nitriles is 2. The number of anilines is 1. The summed E-state index contributed by atoms with van der Waals surface area (Å²) in [5.74, 6) is 0.669. The third-order valence-corrected chi connectivity index (χ3v) is 2.34. The zero-order valence-electron chi connectivity index (χ0n) is 9.62. The highest BCUT2D eigenvalue weighted by Gasteiger charge is 2.10. The van der Waals surface area contributed by atoms with Crippen LogP contribution in [0.1, 0.15) is 17.1 Å². The summed E-state index contributed by atoms with van der Waals surface area (Å²) in [4.78, 5) is 12.2. The first-order valence-electron chi connectivity index (χ1n) is 5.12. The second kappa shape index (κ2) is 4.93. The van der Waals surface area contributed by atoms with Gasteiger partial charge in [-0.3, -0.25) is 4.98 Å². The predicted octanol–water partition coefficient (Wildman–Crippen LogP) is 0.506. The number of nitrogens with one attached hydrogen (secondary N) is 1. The predicted molar refractivity (Wildman–Crippen MR) is 62.3 cm³/mol. The Bertz CT molecular complexity index is 627. The summed E-state index contributed by atoms with van der Waals surface area (Å²) in [5, 5.41) is 20.6. The molecule has 1 N–H and O–H groups in total. The lowest BCUT2D eigenvalue weighted by Crippen LogP contribution is -2.04. The molecule has 7 heteroatoms. The van der Waals surface area contributed by atoms with E-state index in [1.54, 1.807) is 24.0 Å². The van der Waals surface area contributed by atoms with Gasteiger partial charge < -0.3 is 9.88 Å². The minimum absolute atomic E-state index is 0.123. The van der Waals surface area contributed by atoms with E-state index in [2.05, 4.69) is 20.3 Å². The van der Waals surface area contributed by atoms with Crippen LogP contribution in [0, 0.1) is 22.7 Å². The van der Waals surface area contributed by atoms with Crippen LogP contribution in [0.25, 0.3) is 0 Å². The molecule has 0 amide bonds. The molecule has 2 aromatic heterocycles. The molecule has 0 bridgehead atoms. The lowest BCUT2D eigenvalue weighted by Gasteiger charge is -2.03. The molecule has 0 atom stereocenters. The zero-order chi connectivity index (χ0) is 13.0. The molecule has 7 nitrogen and oxygen atoms in total. The van der Waals surface area contributed by atoms with Crippen LogP contribution in [0.15, 0.2) is 18.7 Å². The molecule has 18 heavy (non-hydrogen) atoms. The van der Waals surface area contributed by atoms with Crippen molar-refractivity contribution in [3.05, 3.63) is 35.8 Å². The molecular weight excluding hydrogens is 230 g/mol. The Balaban J connectivity index is 2.26. The molecule has 0 aliphatic rings. The van der Waals surface area contributed by atoms with Crippen molar-refractivity contribution in [3.63, 3.8) is 0 Å². The maximum atomic E-state index is 8.97. The molecule has 2 heterocycles. The Hall–Kier alpha value is -2.93. The second-order valence-electron chi connectivity index (χ2n) is 3.44. The Labute approximate surface area is 103 Å². The van der Waals surface area contributed by atoms with Gasteiger partial charge in [-0.05, 0) is 0 Å². The lowest BCUT2D eigenvalue weighted by molar-refractivity contribution is 0.757. The minimum atomic E-state index is 0.123. The summed E-state index contributed by atoms with van der Waals surface area (Å²) in [6.45, 7) is 0.356. The van der Waals surface area contributed by atoms with Crippen molar-refractivity contribution < 1.29 is 0 Å². The number of imidazole rings is 1. The fourth-order valence-corrected chi connectivity index (χ4v) is 1.44. The summed E-state index contributed by atoms with van der Waals surface area (Å²) in [5.41, 5.74) is 1.04. The van der Waals surface area contributed by atoms with E-state index >= 15 is 0 Å². The fourth-order valence-electron chi connectivity index (χ4n) is 1.44. The topological polar surface area (TPSA) is 103 Å². The van der Waals surface area contributed by atoms with Crippen LogP contribution in [0.2, 0.25) is 0 Å². The second-order valence-corrected chi connectivity index (χ2v) is 3.44. The Morgan fingerprint density at radius 1 is 1.22 bits per heavy atom. The number of rotatable bonds is 3. The molecule has 2 aromatic rings. The van der Waals surface area contributed by atoms with Crippen LogP contribution in [0.4, 0.5) is 5.82 Å². The highest BCUT2D eigenvalue weighted by Crippen LogP contribution is 2.08. The maximum absolute atomic E-state index is 8.97. The van der Waals surface area contributed by atoms with Crippen LogP contribution in [0.3, 0.4) is 0 Å². The average molecular weight is 239 g/mol. The van der Waals surface area contributed by atoms with Crippen LogP contribution >= 0.6 is 0 Å². The summed E-state index contributed by atoms with van der Waals surface area (Å²) in [7, 11) is 1.76. The van der Waals surface area contributed by atoms with Crippen molar-refractivity contribution in [2.75, 3.05) is 12.4 Å². The Morgan fingerprint density at radius 2 is 2.06 bits per heavy atom. The summed E-state index contributed by atoms with van der Waals surface area (Å²) in [6.07, 6.45) is 4.66. The Morgan fingerprint density at radius 3 is 2.61 bits per heavy atom.